The van der Waals surface area contributed by atoms with Crippen LogP contribution in [0, 0.1) is 13.8 Å². The molecule has 42 heavy (non-hydrogen) atoms. The Morgan fingerprint density at radius 2 is 1.81 bits per heavy atom. The topological polar surface area (TPSA) is 103 Å². The number of fused-ring (bicyclic) bond motifs is 1. The number of hydrogen-bond acceptors (Lipinski definition) is 8. The van der Waals surface area contributed by atoms with Crippen molar-refractivity contribution in [2.24, 2.45) is 7.05 Å². The van der Waals surface area contributed by atoms with E-state index in [0.29, 0.717) is 42.4 Å². The number of pyridine rings is 1. The lowest BCUT2D eigenvalue weighted by Gasteiger charge is -2.13. The molecule has 1 aromatic carbocycles. The first-order chi connectivity index (χ1) is 20.1. The molecule has 0 bridgehead atoms. The van der Waals surface area contributed by atoms with Crippen molar-refractivity contribution >= 4 is 57.4 Å². The molecule has 1 aliphatic heterocycles. The Bertz CT molecular complexity index is 1840. The first-order valence-corrected chi connectivity index (χ1v) is 14.8. The molecule has 0 unspecified atom stereocenters. The van der Waals surface area contributed by atoms with Gasteiger partial charge in [0, 0.05) is 26.4 Å². The van der Waals surface area contributed by atoms with Gasteiger partial charge in [-0.25, -0.2) is 9.67 Å². The fourth-order valence-electron chi connectivity index (χ4n) is 4.72. The minimum absolute atomic E-state index is 0.124. The number of carbonyl (C=O) groups is 1. The van der Waals surface area contributed by atoms with E-state index in [1.807, 2.05) is 57.2 Å². The number of thiocarbonyl (C=S) groups is 1. The summed E-state index contributed by atoms with van der Waals surface area (Å²) in [6, 6.07) is 12.9. The van der Waals surface area contributed by atoms with E-state index < -0.39 is 5.91 Å². The first-order valence-electron chi connectivity index (χ1n) is 13.6. The van der Waals surface area contributed by atoms with Crippen LogP contribution in [-0.2, 0) is 16.6 Å². The summed E-state index contributed by atoms with van der Waals surface area (Å²) in [6.07, 6.45) is 4.06. The molecule has 1 amide bonds. The van der Waals surface area contributed by atoms with Crippen LogP contribution in [0.2, 0.25) is 0 Å². The Balaban J connectivity index is 1.54. The second kappa shape index (κ2) is 12.1. The van der Waals surface area contributed by atoms with E-state index in [-0.39, 0.29) is 37.7 Å². The average Bonchev–Trinajstić information content (AvgIpc) is 3.35. The number of aromatic nitrogens is 4. The zero-order valence-electron chi connectivity index (χ0n) is 24.1. The van der Waals surface area contributed by atoms with Crippen LogP contribution in [0.5, 0.6) is 0 Å². The number of nitrogens with one attached hydrogen (secondary N) is 1. The van der Waals surface area contributed by atoms with Crippen molar-refractivity contribution in [2.75, 3.05) is 23.4 Å². The van der Waals surface area contributed by atoms with Gasteiger partial charge in [-0.05, 0) is 64.0 Å². The maximum absolute atomic E-state index is 13.8. The van der Waals surface area contributed by atoms with E-state index in [4.69, 9.17) is 21.9 Å². The van der Waals surface area contributed by atoms with Gasteiger partial charge in [-0.3, -0.25) is 28.4 Å². The molecule has 0 saturated carbocycles. The molecule has 0 spiro atoms. The number of aryl methyl sites for hydroxylation is 1. The Kier molecular flexibility index (Phi) is 8.48. The van der Waals surface area contributed by atoms with Gasteiger partial charge in [0.05, 0.1) is 28.0 Å². The monoisotopic (exact) mass is 604 g/mol. The smallest absolute Gasteiger partial charge is 0.296 e. The number of hydrogen-bond donors (Lipinski definition) is 1. The molecular weight excluding hydrogens is 573 g/mol. The minimum Gasteiger partial charge on any atom is -0.379 e. The molecule has 0 aliphatic carbocycles. The number of anilines is 2. The highest BCUT2D eigenvalue weighted by atomic mass is 32.2. The van der Waals surface area contributed by atoms with Crippen LogP contribution in [0.3, 0.4) is 0 Å². The van der Waals surface area contributed by atoms with Crippen LogP contribution in [-0.4, -0.2) is 48.2 Å². The first kappa shape index (κ1) is 29.5. The van der Waals surface area contributed by atoms with Crippen molar-refractivity contribution in [2.45, 2.75) is 40.2 Å². The third kappa shape index (κ3) is 5.57. The molecule has 1 fully saturated rings. The molecule has 1 aliphatic rings. The van der Waals surface area contributed by atoms with Crippen molar-refractivity contribution in [3.8, 4) is 5.69 Å². The van der Waals surface area contributed by atoms with Crippen molar-refractivity contribution in [1.29, 1.82) is 0 Å². The van der Waals surface area contributed by atoms with E-state index in [0.717, 1.165) is 17.3 Å². The van der Waals surface area contributed by atoms with Gasteiger partial charge >= 0.3 is 0 Å². The highest BCUT2D eigenvalue weighted by Gasteiger charge is 2.38. The lowest BCUT2D eigenvalue weighted by Crippen LogP contribution is -2.33. The maximum atomic E-state index is 13.8. The summed E-state index contributed by atoms with van der Waals surface area (Å²) in [7, 11) is 1.76. The van der Waals surface area contributed by atoms with Gasteiger partial charge < -0.3 is 10.1 Å². The molecule has 0 atom stereocenters. The van der Waals surface area contributed by atoms with E-state index >= 15 is 0 Å². The second-order valence-corrected chi connectivity index (χ2v) is 11.9. The van der Waals surface area contributed by atoms with Crippen LogP contribution in [0.25, 0.3) is 17.4 Å². The molecule has 12 heteroatoms. The van der Waals surface area contributed by atoms with Gasteiger partial charge in [0.15, 0.2) is 4.32 Å². The maximum Gasteiger partial charge on any atom is 0.296 e. The number of para-hydroxylation sites is 1. The van der Waals surface area contributed by atoms with Crippen molar-refractivity contribution in [3.05, 3.63) is 91.1 Å². The van der Waals surface area contributed by atoms with Crippen molar-refractivity contribution < 1.29 is 9.53 Å². The second-order valence-electron chi connectivity index (χ2n) is 10.2. The highest BCUT2D eigenvalue weighted by molar-refractivity contribution is 8.27. The van der Waals surface area contributed by atoms with E-state index in [2.05, 4.69) is 5.32 Å². The van der Waals surface area contributed by atoms with Gasteiger partial charge in [-0.1, -0.05) is 48.2 Å². The molecule has 218 valence electrons. The largest absolute Gasteiger partial charge is 0.379 e. The average molecular weight is 605 g/mol. The molecule has 1 saturated heterocycles. The van der Waals surface area contributed by atoms with Crippen molar-refractivity contribution in [3.63, 3.8) is 0 Å². The lowest BCUT2D eigenvalue weighted by atomic mass is 10.2. The molecular formula is C30H32N6O4S2. The van der Waals surface area contributed by atoms with E-state index in [9.17, 15) is 14.4 Å². The summed E-state index contributed by atoms with van der Waals surface area (Å²) >= 11 is 6.65. The Morgan fingerprint density at radius 1 is 1.07 bits per heavy atom. The van der Waals surface area contributed by atoms with Crippen LogP contribution in [0.15, 0.2) is 63.2 Å². The van der Waals surface area contributed by atoms with Gasteiger partial charge in [0.1, 0.15) is 17.2 Å². The third-order valence-corrected chi connectivity index (χ3v) is 8.19. The molecule has 10 nitrogen and oxygen atoms in total. The van der Waals surface area contributed by atoms with Crippen LogP contribution in [0.4, 0.5) is 11.5 Å². The third-order valence-electron chi connectivity index (χ3n) is 6.89. The summed E-state index contributed by atoms with van der Waals surface area (Å²) in [5, 5.41) is 3.25. The highest BCUT2D eigenvalue weighted by Crippen LogP contribution is 2.36. The summed E-state index contributed by atoms with van der Waals surface area (Å²) < 4.78 is 10.5. The minimum atomic E-state index is -0.471. The zero-order valence-corrected chi connectivity index (χ0v) is 25.7. The fraction of sp³-hybridized carbons (Fsp3) is 0.300. The van der Waals surface area contributed by atoms with Crippen molar-refractivity contribution in [1.82, 2.24) is 18.7 Å². The number of nitrogens with zero attached hydrogens (tertiary/aromatic N) is 5. The van der Waals surface area contributed by atoms with Gasteiger partial charge in [0.25, 0.3) is 17.0 Å². The summed E-state index contributed by atoms with van der Waals surface area (Å²) in [6.45, 7) is 8.69. The van der Waals surface area contributed by atoms with E-state index in [1.165, 1.54) is 20.1 Å². The number of rotatable bonds is 9. The predicted octanol–water partition coefficient (Wildman–Crippen LogP) is 4.43. The molecule has 4 heterocycles. The Morgan fingerprint density at radius 3 is 2.52 bits per heavy atom. The van der Waals surface area contributed by atoms with Gasteiger partial charge in [-0.2, -0.15) is 0 Å². The quantitative estimate of drug-likeness (QED) is 0.170. The molecule has 5 rings (SSSR count). The fourth-order valence-corrected chi connectivity index (χ4v) is 5.98. The zero-order chi connectivity index (χ0) is 30.1. The SMILES string of the molecule is Cc1ccc2nc(NCCCOC(C)C)c(C=C3SC(=S)N(c4c(C)n(C)n(-c5ccccc5)c4=O)C3=O)c(=O)n2c1. The number of carbonyl (C=O) groups excluding carboxylic acids is 1. The Hall–Kier alpha value is -4.00. The number of amides is 1. The van der Waals surface area contributed by atoms with Gasteiger partial charge in [0.2, 0.25) is 0 Å². The van der Waals surface area contributed by atoms with Crippen LogP contribution in [0.1, 0.15) is 37.1 Å². The Labute approximate surface area is 252 Å². The van der Waals surface area contributed by atoms with Crippen LogP contribution >= 0.6 is 24.0 Å². The van der Waals surface area contributed by atoms with E-state index in [1.54, 1.807) is 30.9 Å². The summed E-state index contributed by atoms with van der Waals surface area (Å²) in [4.78, 5) is 47.3. The molecule has 4 aromatic rings. The number of thioether (sulfide) groups is 1. The molecule has 1 N–H and O–H groups in total. The van der Waals surface area contributed by atoms with Gasteiger partial charge in [-0.15, -0.1) is 0 Å². The number of benzene rings is 1. The lowest BCUT2D eigenvalue weighted by molar-refractivity contribution is -0.113. The molecule has 0 radical (unpaired) electrons. The predicted molar refractivity (Wildman–Crippen MR) is 172 cm³/mol. The standard InChI is InChI=1S/C30H32N6O4S2/c1-18(2)40-15-9-14-31-26-22(27(37)34-17-19(3)12-13-24(34)32-26)16-23-28(38)35(30(41)42-23)25-20(4)33(5)36(29(25)39)21-10-7-6-8-11-21/h6-8,10-13,16-18,31H,9,14-15H2,1-5H3. The summed E-state index contributed by atoms with van der Waals surface area (Å²) in [5.41, 5.74) is 2.34. The normalized spacial score (nSPS) is 14.6. The number of ether oxygens (including phenoxy) is 1. The molecule has 3 aromatic heterocycles. The van der Waals surface area contributed by atoms with Crippen LogP contribution < -0.4 is 21.3 Å². The summed E-state index contributed by atoms with van der Waals surface area (Å²) in [5.74, 6) is -0.109.